The lowest BCUT2D eigenvalue weighted by Gasteiger charge is -2.39. The van der Waals surface area contributed by atoms with Gasteiger partial charge in [-0.15, -0.1) is 0 Å². The molecule has 1 aromatic carbocycles. The number of hydrogen-bond donors (Lipinski definition) is 1. The number of nitrogens with zero attached hydrogens (tertiary/aromatic N) is 1. The Hall–Kier alpha value is -1.78. The van der Waals surface area contributed by atoms with E-state index in [1.807, 2.05) is 11.8 Å². The molecule has 0 amide bonds. The average molecular weight is 239 g/mol. The van der Waals surface area contributed by atoms with Crippen LogP contribution in [0.4, 0.5) is 10.1 Å². The number of likely N-dealkylation sites (N-methyl/N-ethyl adjacent to an activating group) is 1. The molecule has 1 aliphatic heterocycles. The first-order chi connectivity index (χ1) is 8.00. The Morgan fingerprint density at radius 2 is 2.29 bits per heavy atom. The molecule has 2 unspecified atom stereocenters. The predicted molar refractivity (Wildman–Crippen MR) is 60.9 cm³/mol. The third kappa shape index (κ3) is 2.05. The summed E-state index contributed by atoms with van der Waals surface area (Å²) in [7, 11) is 1.81. The predicted octanol–water partition coefficient (Wildman–Crippen LogP) is 1.89. The van der Waals surface area contributed by atoms with Crippen molar-refractivity contribution in [3.05, 3.63) is 24.0 Å². The summed E-state index contributed by atoms with van der Waals surface area (Å²) in [6.07, 6.45) is -0.680. The van der Waals surface area contributed by atoms with Crippen LogP contribution in [0.15, 0.2) is 18.2 Å². The van der Waals surface area contributed by atoms with Crippen LogP contribution in [-0.2, 0) is 4.79 Å². The fourth-order valence-electron chi connectivity index (χ4n) is 1.99. The molecule has 0 saturated heterocycles. The zero-order valence-corrected chi connectivity index (χ0v) is 9.68. The van der Waals surface area contributed by atoms with Crippen molar-refractivity contribution in [2.45, 2.75) is 25.5 Å². The van der Waals surface area contributed by atoms with Crippen LogP contribution in [0.2, 0.25) is 0 Å². The maximum Gasteiger partial charge on any atom is 0.307 e. The highest BCUT2D eigenvalue weighted by Gasteiger charge is 2.33. The molecule has 0 spiro atoms. The van der Waals surface area contributed by atoms with Crippen molar-refractivity contribution in [1.29, 1.82) is 0 Å². The summed E-state index contributed by atoms with van der Waals surface area (Å²) in [5.41, 5.74) is 0.652. The number of carboxylic acids is 1. The number of benzene rings is 1. The summed E-state index contributed by atoms with van der Waals surface area (Å²) < 4.78 is 19.0. The first-order valence-electron chi connectivity index (χ1n) is 5.40. The van der Waals surface area contributed by atoms with Gasteiger partial charge in [0.25, 0.3) is 0 Å². The Morgan fingerprint density at radius 3 is 2.94 bits per heavy atom. The van der Waals surface area contributed by atoms with Crippen molar-refractivity contribution in [2.75, 3.05) is 11.9 Å². The minimum absolute atomic E-state index is 0.111. The quantitative estimate of drug-likeness (QED) is 0.856. The number of halogens is 1. The van der Waals surface area contributed by atoms with Crippen LogP contribution < -0.4 is 9.64 Å². The molecule has 92 valence electrons. The monoisotopic (exact) mass is 239 g/mol. The fourth-order valence-corrected chi connectivity index (χ4v) is 1.99. The van der Waals surface area contributed by atoms with Gasteiger partial charge in [0, 0.05) is 7.05 Å². The van der Waals surface area contributed by atoms with Crippen molar-refractivity contribution < 1.29 is 19.0 Å². The largest absolute Gasteiger partial charge is 0.482 e. The van der Waals surface area contributed by atoms with E-state index in [0.29, 0.717) is 5.69 Å². The number of carboxylic acid groups (broad SMARTS) is 1. The molecule has 1 N–H and O–H groups in total. The normalized spacial score (nSPS) is 22.9. The summed E-state index contributed by atoms with van der Waals surface area (Å²) in [5.74, 6) is -1.27. The van der Waals surface area contributed by atoms with Gasteiger partial charge in [-0.2, -0.15) is 0 Å². The minimum atomic E-state index is -0.949. The van der Waals surface area contributed by atoms with Crippen LogP contribution in [0.5, 0.6) is 5.75 Å². The molecule has 0 bridgehead atoms. The lowest BCUT2D eigenvalue weighted by molar-refractivity contribution is -0.139. The molecule has 17 heavy (non-hydrogen) atoms. The highest BCUT2D eigenvalue weighted by atomic mass is 19.1. The van der Waals surface area contributed by atoms with Crippen LogP contribution in [0.3, 0.4) is 0 Å². The first kappa shape index (κ1) is 11.7. The second kappa shape index (κ2) is 4.24. The molecule has 5 heteroatoms. The van der Waals surface area contributed by atoms with E-state index >= 15 is 0 Å². The fraction of sp³-hybridized carbons (Fsp3) is 0.417. The number of anilines is 1. The third-order valence-electron chi connectivity index (χ3n) is 3.12. The number of rotatable bonds is 2. The van der Waals surface area contributed by atoms with Gasteiger partial charge in [-0.3, -0.25) is 4.79 Å². The van der Waals surface area contributed by atoms with E-state index < -0.39 is 17.9 Å². The van der Waals surface area contributed by atoms with Crippen LogP contribution >= 0.6 is 0 Å². The summed E-state index contributed by atoms with van der Waals surface area (Å²) in [4.78, 5) is 12.6. The van der Waals surface area contributed by atoms with E-state index in [1.165, 1.54) is 6.07 Å². The van der Waals surface area contributed by atoms with E-state index in [9.17, 15) is 9.18 Å². The molecule has 0 radical (unpaired) electrons. The van der Waals surface area contributed by atoms with Crippen molar-refractivity contribution in [3.63, 3.8) is 0 Å². The maximum absolute atomic E-state index is 13.6. The molecule has 1 heterocycles. The van der Waals surface area contributed by atoms with Gasteiger partial charge < -0.3 is 14.7 Å². The van der Waals surface area contributed by atoms with E-state index in [4.69, 9.17) is 9.84 Å². The second-order valence-corrected chi connectivity index (χ2v) is 4.19. The van der Waals surface area contributed by atoms with Crippen molar-refractivity contribution in [3.8, 4) is 5.75 Å². The number of hydrogen-bond acceptors (Lipinski definition) is 3. The van der Waals surface area contributed by atoms with Crippen molar-refractivity contribution in [1.82, 2.24) is 0 Å². The van der Waals surface area contributed by atoms with Gasteiger partial charge in [0.2, 0.25) is 0 Å². The Kier molecular flexibility index (Phi) is 2.92. The molecule has 2 rings (SSSR count). The lowest BCUT2D eigenvalue weighted by Crippen LogP contribution is -2.47. The zero-order chi connectivity index (χ0) is 12.6. The molecule has 0 aromatic heterocycles. The molecule has 1 aromatic rings. The lowest BCUT2D eigenvalue weighted by atomic mass is 10.0. The Balaban J connectivity index is 2.36. The van der Waals surface area contributed by atoms with Crippen molar-refractivity contribution in [2.24, 2.45) is 0 Å². The van der Waals surface area contributed by atoms with Crippen LogP contribution in [0.25, 0.3) is 0 Å². The molecular weight excluding hydrogens is 225 g/mol. The molecular formula is C12H14FNO3. The smallest absolute Gasteiger partial charge is 0.307 e. The first-order valence-corrected chi connectivity index (χ1v) is 5.40. The molecule has 1 aliphatic rings. The van der Waals surface area contributed by atoms with E-state index in [2.05, 4.69) is 0 Å². The molecule has 0 aliphatic carbocycles. The number of carbonyl (C=O) groups is 1. The van der Waals surface area contributed by atoms with Crippen LogP contribution in [0, 0.1) is 5.82 Å². The number of aliphatic carboxylic acids is 1. The topological polar surface area (TPSA) is 49.8 Å². The molecule has 0 fully saturated rings. The van der Waals surface area contributed by atoms with Gasteiger partial charge in [-0.25, -0.2) is 4.39 Å². The highest BCUT2D eigenvalue weighted by molar-refractivity contribution is 5.69. The van der Waals surface area contributed by atoms with E-state index in [-0.39, 0.29) is 18.2 Å². The summed E-state index contributed by atoms with van der Waals surface area (Å²) in [5, 5.41) is 8.79. The average Bonchev–Trinajstić information content (AvgIpc) is 2.26. The molecule has 4 nitrogen and oxygen atoms in total. The van der Waals surface area contributed by atoms with Gasteiger partial charge in [-0.05, 0) is 19.1 Å². The summed E-state index contributed by atoms with van der Waals surface area (Å²) in [6, 6.07) is 4.56. The number of para-hydroxylation sites is 1. The summed E-state index contributed by atoms with van der Waals surface area (Å²) >= 11 is 0. The van der Waals surface area contributed by atoms with Gasteiger partial charge in [-0.1, -0.05) is 6.07 Å². The Morgan fingerprint density at radius 1 is 1.59 bits per heavy atom. The Bertz CT molecular complexity index is 449. The third-order valence-corrected chi connectivity index (χ3v) is 3.12. The minimum Gasteiger partial charge on any atom is -0.482 e. The Labute approximate surface area is 98.6 Å². The molecule has 0 saturated carbocycles. The van der Waals surface area contributed by atoms with Crippen LogP contribution in [-0.4, -0.2) is 30.3 Å². The highest BCUT2D eigenvalue weighted by Crippen LogP contribution is 2.37. The summed E-state index contributed by atoms with van der Waals surface area (Å²) in [6.45, 7) is 1.86. The van der Waals surface area contributed by atoms with Gasteiger partial charge in [0.1, 0.15) is 6.10 Å². The van der Waals surface area contributed by atoms with Crippen LogP contribution in [0.1, 0.15) is 13.3 Å². The molecule has 2 atom stereocenters. The van der Waals surface area contributed by atoms with E-state index in [1.54, 1.807) is 19.2 Å². The maximum atomic E-state index is 13.6. The zero-order valence-electron chi connectivity index (χ0n) is 9.68. The standard InChI is InChI=1S/C12H14FNO3/c1-7-10(6-11(15)16)17-12-8(13)4-3-5-9(12)14(7)2/h3-5,7,10H,6H2,1-2H3,(H,15,16). The SMILES string of the molecule is CC1C(CC(=O)O)Oc2c(F)cccc2N1C. The number of fused-ring (bicyclic) bond motifs is 1. The van der Waals surface area contributed by atoms with Gasteiger partial charge in [0.15, 0.2) is 11.6 Å². The van der Waals surface area contributed by atoms with Gasteiger partial charge >= 0.3 is 5.97 Å². The number of ether oxygens (including phenoxy) is 1. The van der Waals surface area contributed by atoms with E-state index in [0.717, 1.165) is 0 Å². The van der Waals surface area contributed by atoms with Crippen molar-refractivity contribution >= 4 is 11.7 Å². The second-order valence-electron chi connectivity index (χ2n) is 4.19. The van der Waals surface area contributed by atoms with Gasteiger partial charge in [0.05, 0.1) is 18.2 Å².